The first kappa shape index (κ1) is 14.0. The summed E-state index contributed by atoms with van der Waals surface area (Å²) >= 11 is 0. The number of primary amides is 1. The summed E-state index contributed by atoms with van der Waals surface area (Å²) in [5, 5.41) is 4.99. The zero-order valence-corrected chi connectivity index (χ0v) is 11.1. The fourth-order valence-electron chi connectivity index (χ4n) is 1.52. The molecule has 0 saturated carbocycles. The first-order valence-electron chi connectivity index (χ1n) is 5.57. The topological polar surface area (TPSA) is 112 Å². The van der Waals surface area contributed by atoms with Crippen molar-refractivity contribution in [1.29, 1.82) is 0 Å². The Morgan fingerprint density at radius 3 is 1.75 bits per heavy atom. The van der Waals surface area contributed by atoms with Crippen LogP contribution in [0, 0.1) is 0 Å². The first-order chi connectivity index (χ1) is 9.36. The lowest BCUT2D eigenvalue weighted by molar-refractivity contribution is 0.100. The van der Waals surface area contributed by atoms with E-state index in [4.69, 9.17) is 15.6 Å². The Morgan fingerprint density at radius 2 is 1.35 bits per heavy atom. The Morgan fingerprint density at radius 1 is 0.900 bits per heavy atom. The highest BCUT2D eigenvalue weighted by Crippen LogP contribution is 2.22. The summed E-state index contributed by atoms with van der Waals surface area (Å²) in [6.45, 7) is 0. The van der Waals surface area contributed by atoms with Crippen LogP contribution in [0.25, 0.3) is 0 Å². The predicted octanol–water partition coefficient (Wildman–Crippen LogP) is 1.23. The molecule has 0 radical (unpaired) electrons. The van der Waals surface area contributed by atoms with Gasteiger partial charge in [-0.3, -0.25) is 4.79 Å². The molecular formula is C13H12N2O4S. The van der Waals surface area contributed by atoms with Crippen molar-refractivity contribution in [1.82, 2.24) is 0 Å². The van der Waals surface area contributed by atoms with Gasteiger partial charge in [0.05, 0.1) is 4.90 Å². The van der Waals surface area contributed by atoms with E-state index in [0.717, 1.165) is 0 Å². The summed E-state index contributed by atoms with van der Waals surface area (Å²) in [7, 11) is -3.71. The molecule has 0 spiro atoms. The lowest BCUT2D eigenvalue weighted by Crippen LogP contribution is -2.11. The maximum absolute atomic E-state index is 11.1. The Hall–Kier alpha value is -2.38. The average molecular weight is 292 g/mol. The Bertz CT molecular complexity index is 722. The Balaban J connectivity index is 2.16. The molecule has 20 heavy (non-hydrogen) atoms. The zero-order valence-electron chi connectivity index (χ0n) is 10.3. The van der Waals surface area contributed by atoms with E-state index in [2.05, 4.69) is 0 Å². The van der Waals surface area contributed by atoms with Gasteiger partial charge < -0.3 is 10.5 Å². The van der Waals surface area contributed by atoms with E-state index in [9.17, 15) is 13.2 Å². The molecule has 0 unspecified atom stereocenters. The van der Waals surface area contributed by atoms with Crippen LogP contribution >= 0.6 is 0 Å². The van der Waals surface area contributed by atoms with Gasteiger partial charge >= 0.3 is 0 Å². The van der Waals surface area contributed by atoms with E-state index in [-0.39, 0.29) is 4.90 Å². The van der Waals surface area contributed by atoms with Gasteiger partial charge in [0.2, 0.25) is 15.9 Å². The van der Waals surface area contributed by atoms with Crippen molar-refractivity contribution in [2.24, 2.45) is 10.9 Å². The monoisotopic (exact) mass is 292 g/mol. The number of primary sulfonamides is 1. The molecule has 0 heterocycles. The molecule has 0 aliphatic carbocycles. The van der Waals surface area contributed by atoms with E-state index in [0.29, 0.717) is 17.1 Å². The van der Waals surface area contributed by atoms with Crippen molar-refractivity contribution >= 4 is 15.9 Å². The minimum Gasteiger partial charge on any atom is -0.457 e. The Labute approximate surface area is 116 Å². The lowest BCUT2D eigenvalue weighted by Gasteiger charge is -2.06. The van der Waals surface area contributed by atoms with Crippen LogP contribution < -0.4 is 15.6 Å². The van der Waals surface area contributed by atoms with Crippen LogP contribution in [0.1, 0.15) is 10.4 Å². The third kappa shape index (κ3) is 3.34. The Kier molecular flexibility index (Phi) is 3.73. The summed E-state index contributed by atoms with van der Waals surface area (Å²) in [5.74, 6) is 0.427. The summed E-state index contributed by atoms with van der Waals surface area (Å²) in [5.41, 5.74) is 5.50. The molecule has 6 nitrogen and oxygen atoms in total. The third-order valence-electron chi connectivity index (χ3n) is 2.53. The van der Waals surface area contributed by atoms with Crippen LogP contribution in [-0.2, 0) is 10.0 Å². The summed E-state index contributed by atoms with van der Waals surface area (Å²) in [6, 6.07) is 11.9. The van der Waals surface area contributed by atoms with Gasteiger partial charge in [-0.2, -0.15) is 0 Å². The van der Waals surface area contributed by atoms with Crippen LogP contribution in [0.15, 0.2) is 53.4 Å². The van der Waals surface area contributed by atoms with Gasteiger partial charge in [0.25, 0.3) is 0 Å². The molecule has 0 saturated heterocycles. The molecule has 0 fully saturated rings. The number of rotatable bonds is 4. The van der Waals surface area contributed by atoms with Gasteiger partial charge in [0.1, 0.15) is 11.5 Å². The van der Waals surface area contributed by atoms with Crippen LogP contribution in [-0.4, -0.2) is 14.3 Å². The maximum atomic E-state index is 11.1. The van der Waals surface area contributed by atoms with Gasteiger partial charge in [-0.15, -0.1) is 0 Å². The van der Waals surface area contributed by atoms with Crippen LogP contribution in [0.2, 0.25) is 0 Å². The molecule has 4 N–H and O–H groups in total. The van der Waals surface area contributed by atoms with Crippen LogP contribution in [0.3, 0.4) is 0 Å². The summed E-state index contributed by atoms with van der Waals surface area (Å²) in [4.78, 5) is 10.9. The largest absolute Gasteiger partial charge is 0.457 e. The number of carbonyl (C=O) groups excluding carboxylic acids is 1. The minimum atomic E-state index is -3.71. The normalized spacial score (nSPS) is 11.1. The molecule has 2 aromatic carbocycles. The fourth-order valence-corrected chi connectivity index (χ4v) is 2.04. The van der Waals surface area contributed by atoms with E-state index < -0.39 is 15.9 Å². The van der Waals surface area contributed by atoms with Gasteiger partial charge in [-0.25, -0.2) is 13.6 Å². The maximum Gasteiger partial charge on any atom is 0.248 e. The number of nitrogens with two attached hydrogens (primary N) is 2. The number of hydrogen-bond acceptors (Lipinski definition) is 4. The molecule has 0 aromatic heterocycles. The predicted molar refractivity (Wildman–Crippen MR) is 72.8 cm³/mol. The average Bonchev–Trinajstić information content (AvgIpc) is 2.39. The van der Waals surface area contributed by atoms with E-state index in [1.807, 2.05) is 0 Å². The number of sulfonamides is 1. The SMILES string of the molecule is NC(=O)c1ccc(Oc2ccc(S(N)(=O)=O)cc2)cc1. The number of ether oxygens (including phenoxy) is 1. The van der Waals surface area contributed by atoms with Crippen molar-refractivity contribution < 1.29 is 17.9 Å². The van der Waals surface area contributed by atoms with Crippen molar-refractivity contribution in [3.63, 3.8) is 0 Å². The third-order valence-corrected chi connectivity index (χ3v) is 3.46. The molecule has 0 bridgehead atoms. The van der Waals surface area contributed by atoms with Gasteiger partial charge in [0, 0.05) is 5.56 Å². The second kappa shape index (κ2) is 5.32. The van der Waals surface area contributed by atoms with Crippen molar-refractivity contribution in [2.75, 3.05) is 0 Å². The highest BCUT2D eigenvalue weighted by Gasteiger charge is 2.07. The van der Waals surface area contributed by atoms with E-state index in [1.165, 1.54) is 36.4 Å². The van der Waals surface area contributed by atoms with Crippen LogP contribution in [0.5, 0.6) is 11.5 Å². The second-order valence-corrected chi connectivity index (χ2v) is 5.57. The van der Waals surface area contributed by atoms with Crippen molar-refractivity contribution in [3.8, 4) is 11.5 Å². The standard InChI is InChI=1S/C13H12N2O4S/c14-13(16)9-1-3-10(4-2-9)19-11-5-7-12(8-6-11)20(15,17)18/h1-8H,(H2,14,16)(H2,15,17,18). The molecule has 2 rings (SSSR count). The van der Waals surface area contributed by atoms with E-state index >= 15 is 0 Å². The molecular weight excluding hydrogens is 280 g/mol. The summed E-state index contributed by atoms with van der Waals surface area (Å²) in [6.07, 6.45) is 0. The highest BCUT2D eigenvalue weighted by atomic mass is 32.2. The molecule has 2 aromatic rings. The van der Waals surface area contributed by atoms with Crippen molar-refractivity contribution in [3.05, 3.63) is 54.1 Å². The number of benzene rings is 2. The summed E-state index contributed by atoms with van der Waals surface area (Å²) < 4.78 is 27.7. The van der Waals surface area contributed by atoms with Gasteiger partial charge in [-0.05, 0) is 48.5 Å². The molecule has 1 amide bonds. The van der Waals surface area contributed by atoms with E-state index in [1.54, 1.807) is 12.1 Å². The molecule has 104 valence electrons. The molecule has 0 aliphatic heterocycles. The number of carbonyl (C=O) groups is 1. The second-order valence-electron chi connectivity index (χ2n) is 4.01. The first-order valence-corrected chi connectivity index (χ1v) is 7.11. The van der Waals surface area contributed by atoms with Crippen molar-refractivity contribution in [2.45, 2.75) is 4.90 Å². The number of hydrogen-bond donors (Lipinski definition) is 2. The van der Waals surface area contributed by atoms with Crippen LogP contribution in [0.4, 0.5) is 0 Å². The quantitative estimate of drug-likeness (QED) is 0.882. The minimum absolute atomic E-state index is 0.00827. The molecule has 7 heteroatoms. The van der Waals surface area contributed by atoms with Gasteiger partial charge in [-0.1, -0.05) is 0 Å². The fraction of sp³-hybridized carbons (Fsp3) is 0. The number of amides is 1. The molecule has 0 atom stereocenters. The smallest absolute Gasteiger partial charge is 0.248 e. The zero-order chi connectivity index (χ0) is 14.8. The lowest BCUT2D eigenvalue weighted by atomic mass is 10.2. The molecule has 0 aliphatic rings. The highest BCUT2D eigenvalue weighted by molar-refractivity contribution is 7.89. The van der Waals surface area contributed by atoms with Gasteiger partial charge in [0.15, 0.2) is 0 Å².